The Morgan fingerprint density at radius 2 is 1.91 bits per heavy atom. The topological polar surface area (TPSA) is 107 Å². The molecule has 8 heteroatoms. The van der Waals surface area contributed by atoms with Gasteiger partial charge in [-0.3, -0.25) is 4.79 Å². The second-order valence-electron chi connectivity index (χ2n) is 7.19. The van der Waals surface area contributed by atoms with E-state index >= 15 is 0 Å². The molecule has 0 aliphatic carbocycles. The SMILES string of the molecule is CCOC(=O)CCCOc1ccc(-c2noc(-c3ccc(OC(C)C)c(C#N)c3)n2)cc1. The molecule has 0 unspecified atom stereocenters. The molecular weight excluding hydrogens is 410 g/mol. The van der Waals surface area contributed by atoms with Crippen LogP contribution in [-0.2, 0) is 9.53 Å². The first-order valence-electron chi connectivity index (χ1n) is 10.4. The third-order valence-electron chi connectivity index (χ3n) is 4.35. The lowest BCUT2D eigenvalue weighted by atomic mass is 10.1. The molecule has 0 bridgehead atoms. The van der Waals surface area contributed by atoms with Gasteiger partial charge in [-0.1, -0.05) is 5.16 Å². The van der Waals surface area contributed by atoms with Gasteiger partial charge in [-0.25, -0.2) is 0 Å². The van der Waals surface area contributed by atoms with Crippen molar-refractivity contribution in [2.45, 2.75) is 39.7 Å². The van der Waals surface area contributed by atoms with Crippen LogP contribution in [0.25, 0.3) is 22.8 Å². The second-order valence-corrected chi connectivity index (χ2v) is 7.19. The highest BCUT2D eigenvalue weighted by Gasteiger charge is 2.14. The van der Waals surface area contributed by atoms with Gasteiger partial charge in [0.05, 0.1) is 24.9 Å². The number of ether oxygens (including phenoxy) is 3. The molecule has 0 atom stereocenters. The molecule has 2 aromatic carbocycles. The average molecular weight is 435 g/mol. The molecule has 0 radical (unpaired) electrons. The van der Waals surface area contributed by atoms with Crippen molar-refractivity contribution in [3.05, 3.63) is 48.0 Å². The Morgan fingerprint density at radius 1 is 1.16 bits per heavy atom. The highest BCUT2D eigenvalue weighted by Crippen LogP contribution is 2.28. The van der Waals surface area contributed by atoms with Crippen LogP contribution in [0.1, 0.15) is 39.2 Å². The highest BCUT2D eigenvalue weighted by molar-refractivity contribution is 5.69. The number of hydrogen-bond acceptors (Lipinski definition) is 8. The summed E-state index contributed by atoms with van der Waals surface area (Å²) in [5.41, 5.74) is 1.80. The fraction of sp³-hybridized carbons (Fsp3) is 0.333. The lowest BCUT2D eigenvalue weighted by molar-refractivity contribution is -0.143. The number of carbonyl (C=O) groups is 1. The fourth-order valence-electron chi connectivity index (χ4n) is 2.90. The standard InChI is InChI=1S/C24H25N3O5/c1-4-29-22(28)6-5-13-30-20-10-7-17(8-11-20)23-26-24(32-27-23)18-9-12-21(31-16(2)3)19(14-18)15-25/h7-12,14,16H,4-6,13H2,1-3H3. The van der Waals surface area contributed by atoms with Crippen LogP contribution in [0, 0.1) is 11.3 Å². The third kappa shape index (κ3) is 6.08. The van der Waals surface area contributed by atoms with Crippen LogP contribution in [-0.4, -0.2) is 35.4 Å². The Hall–Kier alpha value is -3.86. The molecule has 0 aliphatic heterocycles. The molecule has 0 amide bonds. The lowest BCUT2D eigenvalue weighted by Crippen LogP contribution is -2.06. The largest absolute Gasteiger partial charge is 0.494 e. The minimum absolute atomic E-state index is 0.0347. The van der Waals surface area contributed by atoms with E-state index in [1.54, 1.807) is 25.1 Å². The highest BCUT2D eigenvalue weighted by atomic mass is 16.5. The molecule has 0 saturated carbocycles. The van der Waals surface area contributed by atoms with Crippen LogP contribution < -0.4 is 9.47 Å². The maximum Gasteiger partial charge on any atom is 0.305 e. The van der Waals surface area contributed by atoms with Crippen molar-refractivity contribution in [2.75, 3.05) is 13.2 Å². The van der Waals surface area contributed by atoms with Gasteiger partial charge in [-0.2, -0.15) is 10.2 Å². The quantitative estimate of drug-likeness (QED) is 0.331. The van der Waals surface area contributed by atoms with Crippen molar-refractivity contribution in [3.63, 3.8) is 0 Å². The van der Waals surface area contributed by atoms with Crippen LogP contribution in [0.2, 0.25) is 0 Å². The number of nitriles is 1. The molecule has 0 aliphatic rings. The van der Waals surface area contributed by atoms with Crippen molar-refractivity contribution in [1.82, 2.24) is 10.1 Å². The summed E-state index contributed by atoms with van der Waals surface area (Å²) in [4.78, 5) is 15.8. The van der Waals surface area contributed by atoms with E-state index in [2.05, 4.69) is 16.2 Å². The van der Waals surface area contributed by atoms with Gasteiger partial charge in [0, 0.05) is 17.5 Å². The molecule has 3 rings (SSSR count). The summed E-state index contributed by atoms with van der Waals surface area (Å²) in [5.74, 6) is 1.72. The summed E-state index contributed by atoms with van der Waals surface area (Å²) < 4.78 is 21.6. The fourth-order valence-corrected chi connectivity index (χ4v) is 2.90. The zero-order valence-electron chi connectivity index (χ0n) is 18.3. The van der Waals surface area contributed by atoms with Crippen molar-refractivity contribution < 1.29 is 23.5 Å². The van der Waals surface area contributed by atoms with Gasteiger partial charge in [0.2, 0.25) is 5.82 Å². The number of hydrogen-bond donors (Lipinski definition) is 0. The van der Waals surface area contributed by atoms with E-state index in [0.717, 1.165) is 5.56 Å². The normalized spacial score (nSPS) is 10.6. The van der Waals surface area contributed by atoms with E-state index in [0.29, 0.717) is 60.4 Å². The van der Waals surface area contributed by atoms with Gasteiger partial charge in [-0.15, -0.1) is 0 Å². The third-order valence-corrected chi connectivity index (χ3v) is 4.35. The van der Waals surface area contributed by atoms with E-state index in [1.807, 2.05) is 38.1 Å². The monoisotopic (exact) mass is 435 g/mol. The summed E-state index contributed by atoms with van der Waals surface area (Å²) in [5, 5.41) is 13.4. The van der Waals surface area contributed by atoms with Gasteiger partial charge in [-0.05, 0) is 69.7 Å². The van der Waals surface area contributed by atoms with Crippen molar-refractivity contribution in [2.24, 2.45) is 0 Å². The number of rotatable bonds is 10. The van der Waals surface area contributed by atoms with Gasteiger partial charge in [0.1, 0.15) is 17.6 Å². The van der Waals surface area contributed by atoms with E-state index in [1.165, 1.54) is 0 Å². The maximum absolute atomic E-state index is 11.3. The number of esters is 1. The molecule has 1 aromatic heterocycles. The molecule has 0 fully saturated rings. The summed E-state index contributed by atoms with van der Waals surface area (Å²) in [6, 6.07) is 14.6. The van der Waals surface area contributed by atoms with Crippen LogP contribution >= 0.6 is 0 Å². The smallest absolute Gasteiger partial charge is 0.305 e. The first kappa shape index (κ1) is 22.8. The zero-order chi connectivity index (χ0) is 22.9. The zero-order valence-corrected chi connectivity index (χ0v) is 18.3. The number of carbonyl (C=O) groups excluding carboxylic acids is 1. The molecule has 0 N–H and O–H groups in total. The number of aromatic nitrogens is 2. The van der Waals surface area contributed by atoms with E-state index in [9.17, 15) is 10.1 Å². The van der Waals surface area contributed by atoms with Gasteiger partial charge in [0.25, 0.3) is 5.89 Å². The lowest BCUT2D eigenvalue weighted by Gasteiger charge is -2.11. The molecule has 3 aromatic rings. The Balaban J connectivity index is 1.63. The minimum atomic E-state index is -0.219. The Bertz CT molecular complexity index is 1080. The van der Waals surface area contributed by atoms with E-state index in [-0.39, 0.29) is 12.1 Å². The van der Waals surface area contributed by atoms with Crippen LogP contribution in [0.15, 0.2) is 47.0 Å². The summed E-state index contributed by atoms with van der Waals surface area (Å²) >= 11 is 0. The van der Waals surface area contributed by atoms with Gasteiger partial charge in [0.15, 0.2) is 0 Å². The summed E-state index contributed by atoms with van der Waals surface area (Å²) in [7, 11) is 0. The Labute approximate surface area is 186 Å². The molecule has 166 valence electrons. The van der Waals surface area contributed by atoms with E-state index < -0.39 is 0 Å². The van der Waals surface area contributed by atoms with Crippen LogP contribution in [0.3, 0.4) is 0 Å². The summed E-state index contributed by atoms with van der Waals surface area (Å²) in [6.45, 7) is 6.39. The second kappa shape index (κ2) is 11.0. The maximum atomic E-state index is 11.3. The van der Waals surface area contributed by atoms with Crippen LogP contribution in [0.5, 0.6) is 11.5 Å². The molecule has 0 saturated heterocycles. The van der Waals surface area contributed by atoms with Crippen LogP contribution in [0.4, 0.5) is 0 Å². The minimum Gasteiger partial charge on any atom is -0.494 e. The molecular formula is C24H25N3O5. The molecule has 1 heterocycles. The van der Waals surface area contributed by atoms with Gasteiger partial charge >= 0.3 is 5.97 Å². The van der Waals surface area contributed by atoms with Crippen molar-refractivity contribution >= 4 is 5.97 Å². The predicted octanol–water partition coefficient (Wildman–Crippen LogP) is 4.78. The number of benzene rings is 2. The van der Waals surface area contributed by atoms with E-state index in [4.69, 9.17) is 18.7 Å². The molecule has 0 spiro atoms. The van der Waals surface area contributed by atoms with Crippen molar-refractivity contribution in [3.8, 4) is 40.4 Å². The van der Waals surface area contributed by atoms with Crippen molar-refractivity contribution in [1.29, 1.82) is 5.26 Å². The molecule has 32 heavy (non-hydrogen) atoms. The Morgan fingerprint density at radius 3 is 2.59 bits per heavy atom. The first-order chi connectivity index (χ1) is 15.5. The van der Waals surface area contributed by atoms with Gasteiger partial charge < -0.3 is 18.7 Å². The first-order valence-corrected chi connectivity index (χ1v) is 10.4. The molecule has 8 nitrogen and oxygen atoms in total. The Kier molecular flexibility index (Phi) is 7.81. The summed E-state index contributed by atoms with van der Waals surface area (Å²) in [6.07, 6.45) is 0.878. The predicted molar refractivity (Wildman–Crippen MR) is 117 cm³/mol. The number of nitrogens with zero attached hydrogens (tertiary/aromatic N) is 3. The average Bonchev–Trinajstić information content (AvgIpc) is 3.27.